The van der Waals surface area contributed by atoms with Gasteiger partial charge in [-0.3, -0.25) is 4.79 Å². The molecule has 1 heterocycles. The van der Waals surface area contributed by atoms with Gasteiger partial charge in [0.15, 0.2) is 0 Å². The lowest BCUT2D eigenvalue weighted by Gasteiger charge is -2.05. The largest absolute Gasteiger partial charge is 0.478 e. The number of rotatable bonds is 5. The van der Waals surface area contributed by atoms with E-state index in [1.165, 1.54) is 0 Å². The summed E-state index contributed by atoms with van der Waals surface area (Å²) in [7, 11) is 0. The van der Waals surface area contributed by atoms with Crippen molar-refractivity contribution in [1.82, 2.24) is 4.90 Å². The van der Waals surface area contributed by atoms with E-state index in [0.29, 0.717) is 12.5 Å². The summed E-state index contributed by atoms with van der Waals surface area (Å²) in [6.07, 6.45) is 3.70. The summed E-state index contributed by atoms with van der Waals surface area (Å²) < 4.78 is 0. The van der Waals surface area contributed by atoms with Crippen LogP contribution in [0.3, 0.4) is 0 Å². The van der Waals surface area contributed by atoms with Gasteiger partial charge in [-0.1, -0.05) is 6.58 Å². The molecule has 1 aliphatic rings. The van der Waals surface area contributed by atoms with Crippen LogP contribution in [0.2, 0.25) is 0 Å². The zero-order valence-electron chi connectivity index (χ0n) is 10.4. The van der Waals surface area contributed by atoms with Crippen molar-refractivity contribution in [3.05, 3.63) is 24.4 Å². The summed E-state index contributed by atoms with van der Waals surface area (Å²) in [5.41, 5.74) is -0.306. The molecule has 1 aliphatic heterocycles. The lowest BCUT2D eigenvalue weighted by atomic mass is 10.2. The van der Waals surface area contributed by atoms with Crippen molar-refractivity contribution in [2.24, 2.45) is 0 Å². The van der Waals surface area contributed by atoms with E-state index in [9.17, 15) is 14.4 Å². The van der Waals surface area contributed by atoms with E-state index in [-0.39, 0.29) is 24.5 Å². The maximum Gasteiger partial charge on any atom is 0.331 e. The third kappa shape index (κ3) is 6.99. The average molecular weight is 271 g/mol. The second-order valence-electron chi connectivity index (χ2n) is 3.66. The maximum atomic E-state index is 10.7. The highest BCUT2D eigenvalue weighted by molar-refractivity contribution is 5.94. The first kappa shape index (κ1) is 16.9. The van der Waals surface area contributed by atoms with Gasteiger partial charge >= 0.3 is 11.9 Å². The van der Waals surface area contributed by atoms with Crippen LogP contribution in [-0.2, 0) is 14.4 Å². The van der Waals surface area contributed by atoms with E-state index in [2.05, 4.69) is 6.58 Å². The zero-order chi connectivity index (χ0) is 14.8. The van der Waals surface area contributed by atoms with Gasteiger partial charge in [-0.05, 0) is 12.6 Å². The fourth-order valence-corrected chi connectivity index (χ4v) is 1.37. The Bertz CT molecular complexity index is 388. The lowest BCUT2D eigenvalue weighted by Crippen LogP contribution is -2.16. The molecule has 0 aromatic rings. The third-order valence-corrected chi connectivity index (χ3v) is 2.28. The minimum atomic E-state index is -1.32. The lowest BCUT2D eigenvalue weighted by molar-refractivity contribution is -0.135. The first-order chi connectivity index (χ1) is 8.92. The van der Waals surface area contributed by atoms with Crippen LogP contribution in [-0.4, -0.2) is 51.2 Å². The number of nitrogens with zero attached hydrogens (tertiary/aromatic N) is 1. The molecule has 3 N–H and O–H groups in total. The summed E-state index contributed by atoms with van der Waals surface area (Å²) in [6.45, 7) is 3.99. The van der Waals surface area contributed by atoms with Crippen LogP contribution in [0.5, 0.6) is 0 Å². The van der Waals surface area contributed by atoms with E-state index in [1.807, 2.05) is 0 Å². The molecule has 7 nitrogen and oxygen atoms in total. The van der Waals surface area contributed by atoms with Crippen molar-refractivity contribution in [3.8, 4) is 0 Å². The Kier molecular flexibility index (Phi) is 7.87. The molecule has 0 aromatic carbocycles. The maximum absolute atomic E-state index is 10.7. The fourth-order valence-electron chi connectivity index (χ4n) is 1.37. The van der Waals surface area contributed by atoms with Gasteiger partial charge in [-0.2, -0.15) is 0 Å². The van der Waals surface area contributed by atoms with Gasteiger partial charge in [0, 0.05) is 37.6 Å². The number of aliphatic hydroxyl groups excluding tert-OH is 1. The monoisotopic (exact) mass is 271 g/mol. The second kappa shape index (κ2) is 8.87. The van der Waals surface area contributed by atoms with Crippen molar-refractivity contribution >= 4 is 17.8 Å². The molecule has 1 amide bonds. The number of likely N-dealkylation sites (tertiary alicyclic amines) is 1. The van der Waals surface area contributed by atoms with Crippen molar-refractivity contribution in [1.29, 1.82) is 0 Å². The summed E-state index contributed by atoms with van der Waals surface area (Å²) in [5.74, 6) is -2.43. The Hall–Kier alpha value is -2.15. The number of carbonyl (C=O) groups excluding carboxylic acids is 1. The van der Waals surface area contributed by atoms with Crippen LogP contribution in [0.1, 0.15) is 19.3 Å². The Morgan fingerprint density at radius 2 is 2.00 bits per heavy atom. The highest BCUT2D eigenvalue weighted by Crippen LogP contribution is 2.08. The van der Waals surface area contributed by atoms with E-state index in [1.54, 1.807) is 11.1 Å². The normalized spacial score (nSPS) is 14.7. The molecule has 106 valence electrons. The van der Waals surface area contributed by atoms with Crippen LogP contribution in [0.4, 0.5) is 0 Å². The van der Waals surface area contributed by atoms with Crippen molar-refractivity contribution < 1.29 is 29.7 Å². The van der Waals surface area contributed by atoms with Crippen LogP contribution in [0, 0.1) is 0 Å². The fraction of sp³-hybridized carbons (Fsp3) is 0.417. The molecule has 1 rings (SSSR count). The molecular weight excluding hydrogens is 254 g/mol. The molecule has 7 heteroatoms. The minimum Gasteiger partial charge on any atom is -0.478 e. The number of amides is 1. The number of aliphatic hydroxyl groups is 1. The standard InChI is InChI=1S/C6H9NO.C6H8O5/c1-2-7-5-3-4-6(7)8;7-2-1-4(6(10)11)3-5(8)9/h2H,1,3-5H2;3,7H,1-2H2,(H,8,9)(H,10,11)/b;4-3-. The molecule has 1 fully saturated rings. The zero-order valence-corrected chi connectivity index (χ0v) is 10.4. The smallest absolute Gasteiger partial charge is 0.331 e. The van der Waals surface area contributed by atoms with Gasteiger partial charge in [0.25, 0.3) is 0 Å². The Balaban J connectivity index is 0.000000356. The quantitative estimate of drug-likeness (QED) is 0.616. The van der Waals surface area contributed by atoms with Crippen molar-refractivity contribution in [3.63, 3.8) is 0 Å². The average Bonchev–Trinajstić information content (AvgIpc) is 2.74. The van der Waals surface area contributed by atoms with E-state index in [4.69, 9.17) is 15.3 Å². The van der Waals surface area contributed by atoms with Crippen LogP contribution in [0.25, 0.3) is 0 Å². The van der Waals surface area contributed by atoms with Crippen molar-refractivity contribution in [2.45, 2.75) is 19.3 Å². The molecule has 0 unspecified atom stereocenters. The first-order valence-corrected chi connectivity index (χ1v) is 5.62. The predicted octanol–water partition coefficient (Wildman–Crippen LogP) is 0.217. The van der Waals surface area contributed by atoms with Gasteiger partial charge in [0.2, 0.25) is 5.91 Å². The molecular formula is C12H17NO6. The molecule has 19 heavy (non-hydrogen) atoms. The van der Waals surface area contributed by atoms with Crippen LogP contribution < -0.4 is 0 Å². The Morgan fingerprint density at radius 3 is 2.26 bits per heavy atom. The van der Waals surface area contributed by atoms with Gasteiger partial charge in [0.1, 0.15) is 0 Å². The summed E-state index contributed by atoms with van der Waals surface area (Å²) in [6, 6.07) is 0. The van der Waals surface area contributed by atoms with E-state index >= 15 is 0 Å². The number of hydrogen-bond acceptors (Lipinski definition) is 4. The number of hydrogen-bond donors (Lipinski definition) is 3. The number of carboxylic acid groups (broad SMARTS) is 2. The molecule has 0 saturated carbocycles. The molecule has 0 aromatic heterocycles. The topological polar surface area (TPSA) is 115 Å². The van der Waals surface area contributed by atoms with Gasteiger partial charge in [0.05, 0.1) is 0 Å². The van der Waals surface area contributed by atoms with Gasteiger partial charge in [-0.15, -0.1) is 0 Å². The second-order valence-corrected chi connectivity index (χ2v) is 3.66. The van der Waals surface area contributed by atoms with E-state index < -0.39 is 11.9 Å². The van der Waals surface area contributed by atoms with Gasteiger partial charge in [-0.25, -0.2) is 9.59 Å². The van der Waals surface area contributed by atoms with Crippen LogP contribution in [0.15, 0.2) is 24.4 Å². The molecule has 0 atom stereocenters. The third-order valence-electron chi connectivity index (χ3n) is 2.28. The summed E-state index contributed by atoms with van der Waals surface area (Å²) >= 11 is 0. The van der Waals surface area contributed by atoms with E-state index in [0.717, 1.165) is 13.0 Å². The molecule has 0 radical (unpaired) electrons. The Labute approximate surface area is 110 Å². The predicted molar refractivity (Wildman–Crippen MR) is 66.2 cm³/mol. The first-order valence-electron chi connectivity index (χ1n) is 5.62. The number of aliphatic carboxylic acids is 2. The SMILES string of the molecule is C=CN1CCCC1=O.O=C(O)/C=C(/CCO)C(=O)O. The number of carbonyl (C=O) groups is 3. The highest BCUT2D eigenvalue weighted by Gasteiger charge is 2.16. The van der Waals surface area contributed by atoms with Crippen LogP contribution >= 0.6 is 0 Å². The highest BCUT2D eigenvalue weighted by atomic mass is 16.4. The van der Waals surface area contributed by atoms with Crippen molar-refractivity contribution in [2.75, 3.05) is 13.2 Å². The van der Waals surface area contributed by atoms with Gasteiger partial charge < -0.3 is 20.2 Å². The molecule has 1 saturated heterocycles. The summed E-state index contributed by atoms with van der Waals surface area (Å²) in [4.78, 5) is 32.5. The minimum absolute atomic E-state index is 0.151. The molecule has 0 aliphatic carbocycles. The number of carboxylic acids is 2. The summed E-state index contributed by atoms with van der Waals surface area (Å²) in [5, 5.41) is 24.7. The molecule has 0 bridgehead atoms. The molecule has 0 spiro atoms. The Morgan fingerprint density at radius 1 is 1.37 bits per heavy atom.